The monoisotopic (exact) mass is 367 g/mol. The summed E-state index contributed by atoms with van der Waals surface area (Å²) >= 11 is 0. The Balaban J connectivity index is 1.87. The summed E-state index contributed by atoms with van der Waals surface area (Å²) in [6.07, 6.45) is 0.260. The number of para-hydroxylation sites is 3. The lowest BCUT2D eigenvalue weighted by Gasteiger charge is -2.31. The second-order valence-corrected chi connectivity index (χ2v) is 7.43. The van der Waals surface area contributed by atoms with Crippen molar-refractivity contribution in [3.63, 3.8) is 0 Å². The first-order chi connectivity index (χ1) is 13.7. The zero-order valence-electron chi connectivity index (χ0n) is 16.6. The Hall–Kier alpha value is -3.20. The third kappa shape index (κ3) is 2.29. The van der Waals surface area contributed by atoms with Gasteiger partial charge in [-0.1, -0.05) is 54.6 Å². The molecular formula is C25H25N3. The molecule has 5 rings (SSSR count). The highest BCUT2D eigenvalue weighted by molar-refractivity contribution is 6.06. The summed E-state index contributed by atoms with van der Waals surface area (Å²) in [5.74, 6) is 1.28. The fraction of sp³-hybridized carbons (Fsp3) is 0.200. The molecule has 1 aliphatic heterocycles. The molecule has 140 valence electrons. The van der Waals surface area contributed by atoms with E-state index in [2.05, 4.69) is 114 Å². The molecule has 0 saturated heterocycles. The lowest BCUT2D eigenvalue weighted by Crippen LogP contribution is -2.39. The molecule has 0 amide bonds. The van der Waals surface area contributed by atoms with E-state index >= 15 is 0 Å². The van der Waals surface area contributed by atoms with Gasteiger partial charge >= 0.3 is 0 Å². The third-order valence-electron chi connectivity index (χ3n) is 5.89. The molecule has 1 aliphatic rings. The first kappa shape index (κ1) is 16.9. The van der Waals surface area contributed by atoms with E-state index in [0.717, 1.165) is 6.54 Å². The van der Waals surface area contributed by atoms with Gasteiger partial charge < -0.3 is 9.80 Å². The molecule has 0 fully saturated rings. The van der Waals surface area contributed by atoms with Crippen molar-refractivity contribution in [2.45, 2.75) is 26.9 Å². The number of nitrogens with zero attached hydrogens (tertiary/aromatic N) is 3. The molecule has 3 heteroatoms. The van der Waals surface area contributed by atoms with Gasteiger partial charge in [-0.15, -0.1) is 0 Å². The second-order valence-electron chi connectivity index (χ2n) is 7.43. The first-order valence-electron chi connectivity index (χ1n) is 10.0. The minimum Gasteiger partial charge on any atom is -0.336 e. The van der Waals surface area contributed by atoms with E-state index in [1.807, 2.05) is 0 Å². The van der Waals surface area contributed by atoms with E-state index in [0.29, 0.717) is 0 Å². The summed E-state index contributed by atoms with van der Waals surface area (Å²) < 4.78 is 2.42. The summed E-state index contributed by atoms with van der Waals surface area (Å²) in [6.45, 7) is 7.71. The van der Waals surface area contributed by atoms with E-state index in [1.54, 1.807) is 0 Å². The van der Waals surface area contributed by atoms with Gasteiger partial charge in [0.15, 0.2) is 0 Å². The van der Waals surface area contributed by atoms with Crippen LogP contribution in [0.2, 0.25) is 0 Å². The van der Waals surface area contributed by atoms with Gasteiger partial charge in [0.2, 0.25) is 0 Å². The van der Waals surface area contributed by atoms with E-state index in [9.17, 15) is 0 Å². The molecule has 0 unspecified atom stereocenters. The van der Waals surface area contributed by atoms with Crippen LogP contribution in [-0.4, -0.2) is 17.3 Å². The predicted octanol–water partition coefficient (Wildman–Crippen LogP) is 6.26. The van der Waals surface area contributed by atoms with E-state index in [4.69, 9.17) is 0 Å². The van der Waals surface area contributed by atoms with Crippen LogP contribution in [0.5, 0.6) is 0 Å². The van der Waals surface area contributed by atoms with Crippen LogP contribution in [0.25, 0.3) is 16.6 Å². The molecule has 0 saturated carbocycles. The van der Waals surface area contributed by atoms with E-state index in [1.165, 1.54) is 39.3 Å². The Labute approximate surface area is 166 Å². The number of rotatable bonds is 3. The lowest BCUT2D eigenvalue weighted by molar-refractivity contribution is 0.681. The predicted molar refractivity (Wildman–Crippen MR) is 119 cm³/mol. The Morgan fingerprint density at radius 3 is 2.25 bits per heavy atom. The van der Waals surface area contributed by atoms with Crippen LogP contribution in [0.15, 0.2) is 78.9 Å². The lowest BCUT2D eigenvalue weighted by atomic mass is 10.1. The van der Waals surface area contributed by atoms with Crippen molar-refractivity contribution in [1.29, 1.82) is 0 Å². The number of aromatic nitrogens is 1. The first-order valence-corrected chi connectivity index (χ1v) is 10.0. The number of benzene rings is 3. The van der Waals surface area contributed by atoms with Crippen LogP contribution in [0.1, 0.15) is 19.4 Å². The summed E-state index contributed by atoms with van der Waals surface area (Å²) in [4.78, 5) is 5.02. The van der Waals surface area contributed by atoms with Gasteiger partial charge in [-0.3, -0.25) is 4.57 Å². The zero-order chi connectivity index (χ0) is 19.3. The summed E-state index contributed by atoms with van der Waals surface area (Å²) in [5.41, 5.74) is 6.35. The minimum atomic E-state index is 0.260. The zero-order valence-corrected chi connectivity index (χ0v) is 16.6. The van der Waals surface area contributed by atoms with Crippen LogP contribution in [0.4, 0.5) is 17.2 Å². The van der Waals surface area contributed by atoms with Crippen LogP contribution in [-0.2, 0) is 0 Å². The average Bonchev–Trinajstić information content (AvgIpc) is 3.20. The van der Waals surface area contributed by atoms with Crippen molar-refractivity contribution in [1.82, 2.24) is 4.57 Å². The van der Waals surface area contributed by atoms with Crippen LogP contribution in [0.3, 0.4) is 0 Å². The van der Waals surface area contributed by atoms with Gasteiger partial charge in [-0.25, -0.2) is 0 Å². The van der Waals surface area contributed by atoms with Crippen LogP contribution in [0, 0.1) is 6.92 Å². The van der Waals surface area contributed by atoms with E-state index in [-0.39, 0.29) is 6.17 Å². The Bertz CT molecular complexity index is 1140. The number of fused-ring (bicyclic) bond motifs is 3. The molecule has 0 spiro atoms. The summed E-state index contributed by atoms with van der Waals surface area (Å²) in [6, 6.07) is 28.2. The standard InChI is InChI=1S/C25H25N3/c1-4-26-19(3)27(22-16-10-8-12-18(22)2)24-21-15-9-11-17-23(21)28(25(24)26)20-13-6-5-7-14-20/h5-17,19H,4H2,1-3H3/t19-/m0/s1. The molecule has 1 atom stereocenters. The average molecular weight is 367 g/mol. The highest BCUT2D eigenvalue weighted by atomic mass is 15.5. The molecule has 1 aromatic heterocycles. The van der Waals surface area contributed by atoms with Gasteiger partial charge in [-0.05, 0) is 50.6 Å². The molecule has 0 aliphatic carbocycles. The molecule has 3 aromatic carbocycles. The van der Waals surface area contributed by atoms with Crippen LogP contribution >= 0.6 is 0 Å². The number of hydrogen-bond donors (Lipinski definition) is 0. The molecule has 0 bridgehead atoms. The third-order valence-corrected chi connectivity index (χ3v) is 5.89. The maximum atomic E-state index is 2.51. The van der Waals surface area contributed by atoms with Crippen molar-refractivity contribution >= 4 is 28.1 Å². The van der Waals surface area contributed by atoms with Crippen molar-refractivity contribution < 1.29 is 0 Å². The largest absolute Gasteiger partial charge is 0.336 e. The van der Waals surface area contributed by atoms with Crippen LogP contribution < -0.4 is 9.80 Å². The van der Waals surface area contributed by atoms with Crippen molar-refractivity contribution in [3.8, 4) is 5.69 Å². The molecule has 0 N–H and O–H groups in total. The highest BCUT2D eigenvalue weighted by Crippen LogP contribution is 2.51. The van der Waals surface area contributed by atoms with Crippen molar-refractivity contribution in [3.05, 3.63) is 84.4 Å². The normalized spacial score (nSPS) is 16.0. The maximum absolute atomic E-state index is 2.51. The van der Waals surface area contributed by atoms with Gasteiger partial charge in [0.25, 0.3) is 0 Å². The SMILES string of the molecule is CCN1c2c(c3ccccc3n2-c2ccccc2)N(c2ccccc2C)[C@H]1C. The van der Waals surface area contributed by atoms with Gasteiger partial charge in [0.05, 0.1) is 11.2 Å². The molecular weight excluding hydrogens is 342 g/mol. The summed E-state index contributed by atoms with van der Waals surface area (Å²) in [5, 5.41) is 1.30. The number of anilines is 3. The fourth-order valence-corrected chi connectivity index (χ4v) is 4.62. The molecule has 4 aromatic rings. The minimum absolute atomic E-state index is 0.260. The van der Waals surface area contributed by atoms with Gasteiger partial charge in [-0.2, -0.15) is 0 Å². The molecule has 3 nitrogen and oxygen atoms in total. The topological polar surface area (TPSA) is 11.4 Å². The van der Waals surface area contributed by atoms with E-state index < -0.39 is 0 Å². The highest BCUT2D eigenvalue weighted by Gasteiger charge is 2.39. The fourth-order valence-electron chi connectivity index (χ4n) is 4.62. The number of aryl methyl sites for hydroxylation is 1. The smallest absolute Gasteiger partial charge is 0.140 e. The Morgan fingerprint density at radius 1 is 0.821 bits per heavy atom. The number of hydrogen-bond acceptors (Lipinski definition) is 2. The molecule has 2 heterocycles. The second kappa shape index (κ2) is 6.45. The van der Waals surface area contributed by atoms with Gasteiger partial charge in [0.1, 0.15) is 12.0 Å². The Morgan fingerprint density at radius 2 is 1.50 bits per heavy atom. The maximum Gasteiger partial charge on any atom is 0.140 e. The molecule has 0 radical (unpaired) electrons. The quantitative estimate of drug-likeness (QED) is 0.423. The van der Waals surface area contributed by atoms with Crippen molar-refractivity contribution in [2.75, 3.05) is 16.3 Å². The summed E-state index contributed by atoms with van der Waals surface area (Å²) in [7, 11) is 0. The van der Waals surface area contributed by atoms with Crippen molar-refractivity contribution in [2.24, 2.45) is 0 Å². The molecule has 28 heavy (non-hydrogen) atoms. The Kier molecular flexibility index (Phi) is 3.90. The van der Waals surface area contributed by atoms with Gasteiger partial charge in [0, 0.05) is 23.3 Å².